The molecule has 10 heteroatoms. The van der Waals surface area contributed by atoms with Gasteiger partial charge >= 0.3 is 12.1 Å². The van der Waals surface area contributed by atoms with Crippen LogP contribution in [0.2, 0.25) is 0 Å². The zero-order valence-electron chi connectivity index (χ0n) is 16.9. The Bertz CT molecular complexity index is 759. The van der Waals surface area contributed by atoms with E-state index in [-0.39, 0.29) is 13.1 Å². The zero-order chi connectivity index (χ0) is 22.6. The predicted octanol–water partition coefficient (Wildman–Crippen LogP) is 0.227. The minimum Gasteiger partial charge on any atom is -0.394 e. The standard InChI is InChI=1S/C21H28N4O6/c26-12-18(28)10-22-20(30)24-16-5-1-14(2-6-16)9-15-3-7-17(8-4-15)25-21(31)23-11-19(29)13-27/h1-8,18-19,26-29H,9-13H2,(H2,22,24,30)(H2,23,25,31)/t18-,19-/m0/s1. The maximum absolute atomic E-state index is 11.7. The maximum Gasteiger partial charge on any atom is 0.319 e. The number of hydrogen-bond acceptors (Lipinski definition) is 6. The summed E-state index contributed by atoms with van der Waals surface area (Å²) in [6.07, 6.45) is -1.34. The van der Waals surface area contributed by atoms with E-state index < -0.39 is 37.5 Å². The number of benzene rings is 2. The summed E-state index contributed by atoms with van der Waals surface area (Å²) in [6.45, 7) is -0.933. The number of carbonyl (C=O) groups is 2. The van der Waals surface area contributed by atoms with Gasteiger partial charge in [-0.1, -0.05) is 24.3 Å². The van der Waals surface area contributed by atoms with Gasteiger partial charge in [0, 0.05) is 24.5 Å². The second-order valence-corrected chi connectivity index (χ2v) is 6.91. The molecule has 4 amide bonds. The maximum atomic E-state index is 11.7. The first kappa shape index (κ1) is 24.1. The molecule has 0 aliphatic heterocycles. The molecule has 0 aromatic heterocycles. The van der Waals surface area contributed by atoms with Crippen molar-refractivity contribution in [1.29, 1.82) is 0 Å². The second kappa shape index (κ2) is 12.5. The third-order valence-electron chi connectivity index (χ3n) is 4.25. The highest BCUT2D eigenvalue weighted by atomic mass is 16.3. The minimum absolute atomic E-state index is 0.0441. The van der Waals surface area contributed by atoms with Gasteiger partial charge in [-0.15, -0.1) is 0 Å². The van der Waals surface area contributed by atoms with Gasteiger partial charge in [-0.05, 0) is 41.8 Å². The van der Waals surface area contributed by atoms with E-state index in [1.54, 1.807) is 24.3 Å². The van der Waals surface area contributed by atoms with Gasteiger partial charge in [0.1, 0.15) is 0 Å². The van der Waals surface area contributed by atoms with Crippen molar-refractivity contribution in [3.05, 3.63) is 59.7 Å². The zero-order valence-corrected chi connectivity index (χ0v) is 16.9. The van der Waals surface area contributed by atoms with Crippen molar-refractivity contribution in [1.82, 2.24) is 10.6 Å². The van der Waals surface area contributed by atoms with Crippen LogP contribution >= 0.6 is 0 Å². The average Bonchev–Trinajstić information content (AvgIpc) is 2.78. The van der Waals surface area contributed by atoms with Crippen molar-refractivity contribution in [2.75, 3.05) is 36.9 Å². The topological polar surface area (TPSA) is 163 Å². The van der Waals surface area contributed by atoms with Crippen molar-refractivity contribution in [2.45, 2.75) is 18.6 Å². The molecule has 2 atom stereocenters. The number of hydrogen-bond donors (Lipinski definition) is 8. The quantitative estimate of drug-likeness (QED) is 0.268. The number of rotatable bonds is 10. The van der Waals surface area contributed by atoms with E-state index in [1.807, 2.05) is 24.3 Å². The van der Waals surface area contributed by atoms with Gasteiger partial charge in [-0.3, -0.25) is 0 Å². The Morgan fingerprint density at radius 2 is 1.03 bits per heavy atom. The molecule has 0 spiro atoms. The van der Waals surface area contributed by atoms with Crippen molar-refractivity contribution >= 4 is 23.4 Å². The predicted molar refractivity (Wildman–Crippen MR) is 116 cm³/mol. The van der Waals surface area contributed by atoms with E-state index in [4.69, 9.17) is 10.2 Å². The fraction of sp³-hybridized carbons (Fsp3) is 0.333. The molecule has 0 fully saturated rings. The van der Waals surface area contributed by atoms with Crippen LogP contribution in [-0.4, -0.2) is 71.0 Å². The summed E-state index contributed by atoms with van der Waals surface area (Å²) in [6, 6.07) is 13.6. The SMILES string of the molecule is O=C(NC[C@H](O)CO)Nc1ccc(Cc2ccc(NC(=O)NC[C@H](O)CO)cc2)cc1. The normalized spacial score (nSPS) is 12.5. The Balaban J connectivity index is 1.81. The van der Waals surface area contributed by atoms with E-state index in [2.05, 4.69) is 21.3 Å². The van der Waals surface area contributed by atoms with Crippen LogP contribution in [0.4, 0.5) is 21.0 Å². The molecule has 0 aliphatic rings. The summed E-state index contributed by atoms with van der Waals surface area (Å²) >= 11 is 0. The van der Waals surface area contributed by atoms with Crippen LogP contribution in [0.5, 0.6) is 0 Å². The Hall–Kier alpha value is -3.18. The van der Waals surface area contributed by atoms with E-state index in [1.165, 1.54) is 0 Å². The van der Waals surface area contributed by atoms with Crippen LogP contribution in [0, 0.1) is 0 Å². The largest absolute Gasteiger partial charge is 0.394 e. The highest BCUT2D eigenvalue weighted by Crippen LogP contribution is 2.16. The number of nitrogens with one attached hydrogen (secondary N) is 4. The Kier molecular flexibility index (Phi) is 9.72. The van der Waals surface area contributed by atoms with Gasteiger partial charge in [0.2, 0.25) is 0 Å². The van der Waals surface area contributed by atoms with Crippen LogP contribution in [0.25, 0.3) is 0 Å². The average molecular weight is 432 g/mol. The van der Waals surface area contributed by atoms with E-state index in [0.717, 1.165) is 11.1 Å². The van der Waals surface area contributed by atoms with Crippen molar-refractivity contribution < 1.29 is 30.0 Å². The van der Waals surface area contributed by atoms with Gasteiger partial charge in [-0.25, -0.2) is 9.59 Å². The smallest absolute Gasteiger partial charge is 0.319 e. The second-order valence-electron chi connectivity index (χ2n) is 6.91. The van der Waals surface area contributed by atoms with Crippen molar-refractivity contribution in [3.63, 3.8) is 0 Å². The number of aliphatic hydroxyl groups excluding tert-OH is 4. The van der Waals surface area contributed by atoms with Crippen molar-refractivity contribution in [2.24, 2.45) is 0 Å². The van der Waals surface area contributed by atoms with Crippen LogP contribution < -0.4 is 21.3 Å². The molecule has 2 aromatic rings. The van der Waals surface area contributed by atoms with Crippen LogP contribution in [-0.2, 0) is 6.42 Å². The first-order valence-electron chi connectivity index (χ1n) is 9.75. The molecule has 0 heterocycles. The van der Waals surface area contributed by atoms with E-state index in [0.29, 0.717) is 17.8 Å². The lowest BCUT2D eigenvalue weighted by atomic mass is 10.0. The minimum atomic E-state index is -0.997. The summed E-state index contributed by atoms with van der Waals surface area (Å²) in [7, 11) is 0. The van der Waals surface area contributed by atoms with Crippen LogP contribution in [0.3, 0.4) is 0 Å². The molecule has 0 aliphatic carbocycles. The molecule has 31 heavy (non-hydrogen) atoms. The molecule has 0 saturated carbocycles. The highest BCUT2D eigenvalue weighted by molar-refractivity contribution is 5.89. The first-order valence-corrected chi connectivity index (χ1v) is 9.75. The molecule has 8 N–H and O–H groups in total. The molecule has 0 bridgehead atoms. The Morgan fingerprint density at radius 1 is 0.677 bits per heavy atom. The van der Waals surface area contributed by atoms with Gasteiger partial charge in [0.25, 0.3) is 0 Å². The molecule has 168 valence electrons. The first-order chi connectivity index (χ1) is 14.9. The fourth-order valence-corrected chi connectivity index (χ4v) is 2.55. The summed E-state index contributed by atoms with van der Waals surface area (Å²) in [5.74, 6) is 0. The summed E-state index contributed by atoms with van der Waals surface area (Å²) < 4.78 is 0. The van der Waals surface area contributed by atoms with Crippen molar-refractivity contribution in [3.8, 4) is 0 Å². The summed E-state index contributed by atoms with van der Waals surface area (Å²) in [5.41, 5.74) is 3.24. The third kappa shape index (κ3) is 9.01. The molecule has 0 radical (unpaired) electrons. The van der Waals surface area contributed by atoms with Gasteiger partial charge < -0.3 is 41.7 Å². The number of aliphatic hydroxyl groups is 4. The number of amides is 4. The monoisotopic (exact) mass is 432 g/mol. The molecule has 2 rings (SSSR count). The number of anilines is 2. The van der Waals surface area contributed by atoms with Crippen LogP contribution in [0.1, 0.15) is 11.1 Å². The van der Waals surface area contributed by atoms with Crippen LogP contribution in [0.15, 0.2) is 48.5 Å². The van der Waals surface area contributed by atoms with E-state index in [9.17, 15) is 19.8 Å². The van der Waals surface area contributed by atoms with E-state index >= 15 is 0 Å². The van der Waals surface area contributed by atoms with Gasteiger partial charge in [-0.2, -0.15) is 0 Å². The lowest BCUT2D eigenvalue weighted by Gasteiger charge is -2.11. The summed E-state index contributed by atoms with van der Waals surface area (Å²) in [5, 5.41) is 46.1. The van der Waals surface area contributed by atoms with Gasteiger partial charge in [0.15, 0.2) is 0 Å². The molecular weight excluding hydrogens is 404 g/mol. The summed E-state index contributed by atoms with van der Waals surface area (Å²) in [4.78, 5) is 23.5. The molecular formula is C21H28N4O6. The molecule has 0 saturated heterocycles. The molecule has 0 unspecified atom stereocenters. The number of urea groups is 2. The molecule has 2 aromatic carbocycles. The lowest BCUT2D eigenvalue weighted by molar-refractivity contribution is 0.0965. The number of carbonyl (C=O) groups excluding carboxylic acids is 2. The highest BCUT2D eigenvalue weighted by Gasteiger charge is 2.07. The third-order valence-corrected chi connectivity index (χ3v) is 4.25. The van der Waals surface area contributed by atoms with Gasteiger partial charge in [0.05, 0.1) is 25.4 Å². The fourth-order valence-electron chi connectivity index (χ4n) is 2.55. The lowest BCUT2D eigenvalue weighted by Crippen LogP contribution is -2.36. The Labute approximate surface area is 179 Å². The molecule has 10 nitrogen and oxygen atoms in total. The Morgan fingerprint density at radius 3 is 1.35 bits per heavy atom.